The lowest BCUT2D eigenvalue weighted by Crippen LogP contribution is -2.14. The number of aromatic nitrogens is 5. The highest BCUT2D eigenvalue weighted by atomic mass is 16.5. The second-order valence-electron chi connectivity index (χ2n) is 6.66. The number of Topliss-reactive ketones (excluding diaryl/α,β-unsaturated/α-hetero) is 1. The van der Waals surface area contributed by atoms with Gasteiger partial charge in [-0.1, -0.05) is 24.3 Å². The summed E-state index contributed by atoms with van der Waals surface area (Å²) in [5.41, 5.74) is 4.74. The molecule has 0 saturated heterocycles. The van der Waals surface area contributed by atoms with E-state index in [9.17, 15) is 4.79 Å². The van der Waals surface area contributed by atoms with Gasteiger partial charge < -0.3 is 9.30 Å². The van der Waals surface area contributed by atoms with Gasteiger partial charge in [-0.25, -0.2) is 0 Å². The Morgan fingerprint density at radius 3 is 2.70 bits per heavy atom. The highest BCUT2D eigenvalue weighted by Gasteiger charge is 2.18. The van der Waals surface area contributed by atoms with E-state index in [-0.39, 0.29) is 12.3 Å². The summed E-state index contributed by atoms with van der Waals surface area (Å²) in [4.78, 5) is 14.1. The number of ether oxygens (including phenoxy) is 1. The highest BCUT2D eigenvalue weighted by Crippen LogP contribution is 2.19. The third-order valence-electron chi connectivity index (χ3n) is 4.73. The molecule has 0 aliphatic heterocycles. The number of nitrogens with zero attached hydrogens (tertiary/aromatic N) is 5. The van der Waals surface area contributed by atoms with Crippen LogP contribution in [0.3, 0.4) is 0 Å². The van der Waals surface area contributed by atoms with E-state index >= 15 is 0 Å². The van der Waals surface area contributed by atoms with Crippen molar-refractivity contribution in [2.45, 2.75) is 40.3 Å². The molecule has 142 valence electrons. The summed E-state index contributed by atoms with van der Waals surface area (Å²) in [6, 6.07) is 9.79. The molecule has 7 heteroatoms. The van der Waals surface area contributed by atoms with E-state index in [0.717, 1.165) is 35.5 Å². The van der Waals surface area contributed by atoms with Crippen LogP contribution in [0.5, 0.6) is 0 Å². The fourth-order valence-corrected chi connectivity index (χ4v) is 3.25. The van der Waals surface area contributed by atoms with Crippen molar-refractivity contribution in [3.63, 3.8) is 0 Å². The van der Waals surface area contributed by atoms with Crippen LogP contribution in [0.25, 0.3) is 11.4 Å². The molecule has 0 radical (unpaired) electrons. The predicted molar refractivity (Wildman–Crippen MR) is 103 cm³/mol. The lowest BCUT2D eigenvalue weighted by atomic mass is 10.1. The number of hydrogen-bond acceptors (Lipinski definition) is 5. The van der Waals surface area contributed by atoms with Gasteiger partial charge in [0.05, 0.1) is 0 Å². The summed E-state index contributed by atoms with van der Waals surface area (Å²) >= 11 is 0. The first-order valence-electron chi connectivity index (χ1n) is 9.04. The number of hydrogen-bond donors (Lipinski definition) is 0. The average molecular weight is 367 g/mol. The van der Waals surface area contributed by atoms with Gasteiger partial charge in [-0.3, -0.25) is 4.79 Å². The summed E-state index contributed by atoms with van der Waals surface area (Å²) in [6.45, 7) is 7.59. The summed E-state index contributed by atoms with van der Waals surface area (Å²) in [6.07, 6.45) is 0.908. The molecule has 0 saturated carbocycles. The van der Waals surface area contributed by atoms with E-state index in [4.69, 9.17) is 4.74 Å². The number of carbonyl (C=O) groups excluding carboxylic acids is 1. The molecule has 0 bridgehead atoms. The number of methoxy groups -OCH3 is 1. The van der Waals surface area contributed by atoms with Crippen molar-refractivity contribution in [1.82, 2.24) is 24.8 Å². The van der Waals surface area contributed by atoms with Crippen molar-refractivity contribution in [3.8, 4) is 11.4 Å². The standard InChI is InChI=1S/C20H25N5O2/c1-14-8-5-6-9-17(14)20-21-23-25(22-20)13-19(26)18-12-15(2)24(16(18)3)10-7-11-27-4/h5-6,8-9,12H,7,10-11,13H2,1-4H3. The van der Waals surface area contributed by atoms with Gasteiger partial charge >= 0.3 is 0 Å². The van der Waals surface area contributed by atoms with Gasteiger partial charge in [-0.2, -0.15) is 4.80 Å². The average Bonchev–Trinajstić information content (AvgIpc) is 3.21. The van der Waals surface area contributed by atoms with E-state index in [1.165, 1.54) is 4.80 Å². The molecule has 2 heterocycles. The van der Waals surface area contributed by atoms with Crippen molar-refractivity contribution >= 4 is 5.78 Å². The van der Waals surface area contributed by atoms with Gasteiger partial charge in [0.2, 0.25) is 5.82 Å². The second-order valence-corrected chi connectivity index (χ2v) is 6.66. The van der Waals surface area contributed by atoms with Crippen LogP contribution in [0, 0.1) is 20.8 Å². The SMILES string of the molecule is COCCCn1c(C)cc(C(=O)Cn2nnc(-c3ccccc3C)n2)c1C. The van der Waals surface area contributed by atoms with Gasteiger partial charge in [0.1, 0.15) is 6.54 Å². The maximum Gasteiger partial charge on any atom is 0.205 e. The summed E-state index contributed by atoms with van der Waals surface area (Å²) in [5, 5.41) is 12.5. The molecule has 0 aliphatic carbocycles. The minimum absolute atomic E-state index is 0.0187. The minimum atomic E-state index is -0.0187. The first kappa shape index (κ1) is 19.0. The van der Waals surface area contributed by atoms with Crippen molar-refractivity contribution in [1.29, 1.82) is 0 Å². The van der Waals surface area contributed by atoms with Crippen LogP contribution in [0.4, 0.5) is 0 Å². The Bertz CT molecular complexity index is 942. The van der Waals surface area contributed by atoms with Gasteiger partial charge in [0.15, 0.2) is 5.78 Å². The molecular weight excluding hydrogens is 342 g/mol. The Morgan fingerprint density at radius 2 is 1.96 bits per heavy atom. The van der Waals surface area contributed by atoms with Crippen molar-refractivity contribution in [2.24, 2.45) is 0 Å². The number of ketones is 1. The van der Waals surface area contributed by atoms with Crippen LogP contribution in [-0.2, 0) is 17.8 Å². The van der Waals surface area contributed by atoms with E-state index in [2.05, 4.69) is 20.0 Å². The Labute approximate surface area is 159 Å². The van der Waals surface area contributed by atoms with E-state index in [1.54, 1.807) is 7.11 Å². The molecule has 0 aliphatic rings. The van der Waals surface area contributed by atoms with Gasteiger partial charge in [0.25, 0.3) is 0 Å². The Balaban J connectivity index is 1.75. The molecule has 0 amide bonds. The lowest BCUT2D eigenvalue weighted by Gasteiger charge is -2.09. The topological polar surface area (TPSA) is 74.8 Å². The number of rotatable bonds is 8. The van der Waals surface area contributed by atoms with Crippen LogP contribution in [-0.4, -0.2) is 44.3 Å². The Hall–Kier alpha value is -2.80. The van der Waals surface area contributed by atoms with Crippen LogP contribution < -0.4 is 0 Å². The van der Waals surface area contributed by atoms with Crippen molar-refractivity contribution in [3.05, 3.63) is 52.8 Å². The first-order valence-corrected chi connectivity index (χ1v) is 9.04. The monoisotopic (exact) mass is 367 g/mol. The third kappa shape index (κ3) is 4.14. The van der Waals surface area contributed by atoms with E-state index in [1.807, 2.05) is 51.1 Å². The number of aryl methyl sites for hydroxylation is 2. The normalized spacial score (nSPS) is 11.1. The molecule has 1 aromatic carbocycles. The smallest absolute Gasteiger partial charge is 0.205 e. The zero-order valence-corrected chi connectivity index (χ0v) is 16.3. The fourth-order valence-electron chi connectivity index (χ4n) is 3.25. The third-order valence-corrected chi connectivity index (χ3v) is 4.73. The summed E-state index contributed by atoms with van der Waals surface area (Å²) in [7, 11) is 1.70. The van der Waals surface area contributed by atoms with E-state index < -0.39 is 0 Å². The summed E-state index contributed by atoms with van der Waals surface area (Å²) in [5.74, 6) is 0.515. The zero-order valence-electron chi connectivity index (χ0n) is 16.3. The van der Waals surface area contributed by atoms with Gasteiger partial charge in [-0.15, -0.1) is 10.2 Å². The molecule has 2 aromatic heterocycles. The Kier molecular flexibility index (Phi) is 5.81. The van der Waals surface area contributed by atoms with Crippen LogP contribution in [0.15, 0.2) is 30.3 Å². The number of carbonyl (C=O) groups is 1. The zero-order chi connectivity index (χ0) is 19.4. The second kappa shape index (κ2) is 8.26. The molecule has 3 aromatic rings. The molecule has 0 spiro atoms. The molecule has 7 nitrogen and oxygen atoms in total. The van der Waals surface area contributed by atoms with Gasteiger partial charge in [0, 0.05) is 42.8 Å². The number of benzene rings is 1. The van der Waals surface area contributed by atoms with Crippen LogP contribution in [0.1, 0.15) is 33.7 Å². The fraction of sp³-hybridized carbons (Fsp3) is 0.400. The predicted octanol–water partition coefficient (Wildman–Crippen LogP) is 2.99. The van der Waals surface area contributed by atoms with Gasteiger partial charge in [-0.05, 0) is 44.0 Å². The van der Waals surface area contributed by atoms with Crippen molar-refractivity contribution in [2.75, 3.05) is 13.7 Å². The van der Waals surface area contributed by atoms with E-state index in [0.29, 0.717) is 18.0 Å². The largest absolute Gasteiger partial charge is 0.385 e. The first-order chi connectivity index (χ1) is 13.0. The van der Waals surface area contributed by atoms with Crippen LogP contribution in [0.2, 0.25) is 0 Å². The lowest BCUT2D eigenvalue weighted by molar-refractivity contribution is 0.0960. The highest BCUT2D eigenvalue weighted by molar-refractivity contribution is 5.97. The Morgan fingerprint density at radius 1 is 1.19 bits per heavy atom. The molecule has 3 rings (SSSR count). The molecular formula is C20H25N5O2. The van der Waals surface area contributed by atoms with Crippen molar-refractivity contribution < 1.29 is 9.53 Å². The molecule has 0 unspecified atom stereocenters. The number of tetrazole rings is 1. The minimum Gasteiger partial charge on any atom is -0.385 e. The molecule has 0 atom stereocenters. The molecule has 0 fully saturated rings. The molecule has 0 N–H and O–H groups in total. The maximum absolute atomic E-state index is 12.8. The quantitative estimate of drug-likeness (QED) is 0.452. The summed E-state index contributed by atoms with van der Waals surface area (Å²) < 4.78 is 7.27. The molecule has 27 heavy (non-hydrogen) atoms. The van der Waals surface area contributed by atoms with Crippen LogP contribution >= 0.6 is 0 Å². The maximum atomic E-state index is 12.8.